The van der Waals surface area contributed by atoms with Crippen molar-refractivity contribution in [1.82, 2.24) is 10.6 Å². The van der Waals surface area contributed by atoms with E-state index in [0.717, 1.165) is 0 Å². The normalized spacial score (nSPS) is 10.3. The van der Waals surface area contributed by atoms with Gasteiger partial charge in [-0.25, -0.2) is 0 Å². The highest BCUT2D eigenvalue weighted by atomic mass is 32.1. The number of hydrogen-bond acceptors (Lipinski definition) is 5. The van der Waals surface area contributed by atoms with Gasteiger partial charge in [0, 0.05) is 30.5 Å². The summed E-state index contributed by atoms with van der Waals surface area (Å²) >= 11 is 5.20. The lowest BCUT2D eigenvalue weighted by atomic mass is 10.2. The predicted octanol–water partition coefficient (Wildman–Crippen LogP) is 2.98. The summed E-state index contributed by atoms with van der Waals surface area (Å²) in [4.78, 5) is 24.4. The molecule has 0 aliphatic rings. The molecular weight excluding hydrogens is 390 g/mol. The molecular formula is C21H25N3O4S. The van der Waals surface area contributed by atoms with Crippen LogP contribution in [0, 0.1) is 0 Å². The Bertz CT molecular complexity index is 853. The van der Waals surface area contributed by atoms with Gasteiger partial charge >= 0.3 is 0 Å². The maximum absolute atomic E-state index is 12.4. The van der Waals surface area contributed by atoms with Crippen molar-refractivity contribution in [1.29, 1.82) is 0 Å². The molecule has 2 amide bonds. The van der Waals surface area contributed by atoms with Gasteiger partial charge in [0.2, 0.25) is 0 Å². The lowest BCUT2D eigenvalue weighted by Gasteiger charge is -2.12. The number of anilines is 1. The Morgan fingerprint density at radius 1 is 1.03 bits per heavy atom. The van der Waals surface area contributed by atoms with Crippen LogP contribution in [0.25, 0.3) is 0 Å². The highest BCUT2D eigenvalue weighted by Gasteiger charge is 2.10. The first kappa shape index (κ1) is 22.3. The monoisotopic (exact) mass is 415 g/mol. The average Bonchev–Trinajstić information content (AvgIpc) is 2.68. The highest BCUT2D eigenvalue weighted by molar-refractivity contribution is 7.80. The second-order valence-electron chi connectivity index (χ2n) is 6.43. The van der Waals surface area contributed by atoms with Gasteiger partial charge in [0.05, 0.1) is 12.7 Å². The van der Waals surface area contributed by atoms with Crippen LogP contribution in [-0.2, 0) is 4.74 Å². The van der Waals surface area contributed by atoms with Crippen LogP contribution in [0.1, 0.15) is 34.6 Å². The standard InChI is InChI=1S/C21H25N3O4S/c1-14(2)28-18-6-4-5-16(13-18)20(26)24-21(29)23-17-9-7-15(8-10-17)19(25)22-11-12-27-3/h4-10,13-14H,11-12H2,1-3H3,(H,22,25)(H2,23,24,26,29). The van der Waals surface area contributed by atoms with Crippen LogP contribution in [0.2, 0.25) is 0 Å². The quantitative estimate of drug-likeness (QED) is 0.454. The van der Waals surface area contributed by atoms with Gasteiger partial charge in [-0.2, -0.15) is 0 Å². The van der Waals surface area contributed by atoms with Crippen molar-refractivity contribution < 1.29 is 19.1 Å². The number of rotatable bonds is 8. The molecule has 2 aromatic carbocycles. The minimum absolute atomic E-state index is 0.0149. The Morgan fingerprint density at radius 2 is 1.76 bits per heavy atom. The molecule has 3 N–H and O–H groups in total. The molecule has 0 heterocycles. The summed E-state index contributed by atoms with van der Waals surface area (Å²) in [5.41, 5.74) is 1.61. The summed E-state index contributed by atoms with van der Waals surface area (Å²) < 4.78 is 10.5. The van der Waals surface area contributed by atoms with Crippen LogP contribution >= 0.6 is 12.2 Å². The number of carbonyl (C=O) groups is 2. The van der Waals surface area contributed by atoms with E-state index in [1.165, 1.54) is 0 Å². The number of ether oxygens (including phenoxy) is 2. The molecule has 7 nitrogen and oxygen atoms in total. The Labute approximate surface area is 175 Å². The third kappa shape index (κ3) is 7.52. The van der Waals surface area contributed by atoms with Crippen molar-refractivity contribution in [2.75, 3.05) is 25.6 Å². The minimum Gasteiger partial charge on any atom is -0.491 e. The first-order valence-electron chi connectivity index (χ1n) is 9.15. The highest BCUT2D eigenvalue weighted by Crippen LogP contribution is 2.15. The number of benzene rings is 2. The number of hydrogen-bond donors (Lipinski definition) is 3. The first-order valence-corrected chi connectivity index (χ1v) is 9.56. The van der Waals surface area contributed by atoms with Gasteiger partial charge in [0.1, 0.15) is 5.75 Å². The molecule has 0 spiro atoms. The van der Waals surface area contributed by atoms with Crippen molar-refractivity contribution in [3.63, 3.8) is 0 Å². The fourth-order valence-electron chi connectivity index (χ4n) is 2.39. The first-order chi connectivity index (χ1) is 13.9. The fraction of sp³-hybridized carbons (Fsp3) is 0.286. The Balaban J connectivity index is 1.90. The number of nitrogens with one attached hydrogen (secondary N) is 3. The molecule has 2 aromatic rings. The molecule has 0 aliphatic heterocycles. The summed E-state index contributed by atoms with van der Waals surface area (Å²) in [5, 5.41) is 8.45. The average molecular weight is 416 g/mol. The Hall–Kier alpha value is -2.97. The lowest BCUT2D eigenvalue weighted by Crippen LogP contribution is -2.34. The van der Waals surface area contributed by atoms with Gasteiger partial charge < -0.3 is 20.1 Å². The smallest absolute Gasteiger partial charge is 0.257 e. The van der Waals surface area contributed by atoms with Crippen molar-refractivity contribution >= 4 is 34.8 Å². The zero-order valence-corrected chi connectivity index (χ0v) is 17.5. The molecule has 0 atom stereocenters. The van der Waals surface area contributed by atoms with E-state index in [1.807, 2.05) is 13.8 Å². The van der Waals surface area contributed by atoms with Gasteiger partial charge in [0.25, 0.3) is 11.8 Å². The fourth-order valence-corrected chi connectivity index (χ4v) is 2.60. The van der Waals surface area contributed by atoms with Gasteiger partial charge in [-0.05, 0) is 68.5 Å². The molecule has 0 saturated carbocycles. The molecule has 0 aromatic heterocycles. The van der Waals surface area contributed by atoms with Crippen molar-refractivity contribution in [3.8, 4) is 5.75 Å². The summed E-state index contributed by atoms with van der Waals surface area (Å²) in [6.07, 6.45) is 0.0149. The second-order valence-corrected chi connectivity index (χ2v) is 6.84. The number of methoxy groups -OCH3 is 1. The minimum atomic E-state index is -0.342. The molecule has 0 unspecified atom stereocenters. The molecule has 0 radical (unpaired) electrons. The summed E-state index contributed by atoms with van der Waals surface area (Å²) in [7, 11) is 1.57. The molecule has 8 heteroatoms. The van der Waals surface area contributed by atoms with E-state index in [9.17, 15) is 9.59 Å². The number of carbonyl (C=O) groups excluding carboxylic acids is 2. The van der Waals surface area contributed by atoms with E-state index in [0.29, 0.717) is 35.7 Å². The summed E-state index contributed by atoms with van der Waals surface area (Å²) in [6, 6.07) is 13.6. The molecule has 0 fully saturated rings. The molecule has 0 bridgehead atoms. The van der Waals surface area contributed by atoms with E-state index in [1.54, 1.807) is 55.6 Å². The van der Waals surface area contributed by atoms with Crippen LogP contribution in [0.3, 0.4) is 0 Å². The van der Waals surface area contributed by atoms with E-state index < -0.39 is 0 Å². The van der Waals surface area contributed by atoms with Gasteiger partial charge in [0.15, 0.2) is 5.11 Å². The molecule has 0 saturated heterocycles. The zero-order valence-electron chi connectivity index (χ0n) is 16.7. The third-order valence-electron chi connectivity index (χ3n) is 3.69. The number of thiocarbonyl (C=S) groups is 1. The maximum atomic E-state index is 12.4. The summed E-state index contributed by atoms with van der Waals surface area (Å²) in [6.45, 7) is 4.72. The van der Waals surface area contributed by atoms with Crippen LogP contribution in [0.4, 0.5) is 5.69 Å². The Kier molecular flexibility index (Phi) is 8.57. The van der Waals surface area contributed by atoms with Crippen LogP contribution in [0.5, 0.6) is 5.75 Å². The Morgan fingerprint density at radius 3 is 2.41 bits per heavy atom. The van der Waals surface area contributed by atoms with Crippen LogP contribution in [0.15, 0.2) is 48.5 Å². The molecule has 154 valence electrons. The topological polar surface area (TPSA) is 88.7 Å². The van der Waals surface area contributed by atoms with Crippen molar-refractivity contribution in [3.05, 3.63) is 59.7 Å². The molecule has 2 rings (SSSR count). The van der Waals surface area contributed by atoms with E-state index in [2.05, 4.69) is 16.0 Å². The van der Waals surface area contributed by atoms with Gasteiger partial charge in [-0.3, -0.25) is 14.9 Å². The van der Waals surface area contributed by atoms with E-state index >= 15 is 0 Å². The SMILES string of the molecule is COCCNC(=O)c1ccc(NC(=S)NC(=O)c2cccc(OC(C)C)c2)cc1. The number of amides is 2. The molecule has 29 heavy (non-hydrogen) atoms. The maximum Gasteiger partial charge on any atom is 0.257 e. The zero-order chi connectivity index (χ0) is 21.2. The van der Waals surface area contributed by atoms with E-state index in [-0.39, 0.29) is 23.0 Å². The van der Waals surface area contributed by atoms with Gasteiger partial charge in [-0.15, -0.1) is 0 Å². The second kappa shape index (κ2) is 11.1. The third-order valence-corrected chi connectivity index (χ3v) is 3.90. The van der Waals surface area contributed by atoms with Crippen molar-refractivity contribution in [2.45, 2.75) is 20.0 Å². The molecule has 0 aliphatic carbocycles. The largest absolute Gasteiger partial charge is 0.491 e. The predicted molar refractivity (Wildman–Crippen MR) is 117 cm³/mol. The van der Waals surface area contributed by atoms with Gasteiger partial charge in [-0.1, -0.05) is 6.07 Å². The van der Waals surface area contributed by atoms with Crippen molar-refractivity contribution in [2.24, 2.45) is 0 Å². The lowest BCUT2D eigenvalue weighted by molar-refractivity contribution is 0.0935. The van der Waals surface area contributed by atoms with E-state index in [4.69, 9.17) is 21.7 Å². The summed E-state index contributed by atoms with van der Waals surface area (Å²) in [5.74, 6) is 0.0877. The van der Waals surface area contributed by atoms with Crippen LogP contribution < -0.4 is 20.7 Å². The van der Waals surface area contributed by atoms with Crippen LogP contribution in [-0.4, -0.2) is 43.3 Å².